The fourth-order valence-corrected chi connectivity index (χ4v) is 4.33. The number of hydrogen-bond donors (Lipinski definition) is 7. The zero-order valence-electron chi connectivity index (χ0n) is 23.5. The normalized spacial score (nSPS) is 13.8. The molecule has 0 aliphatic heterocycles. The van der Waals surface area contributed by atoms with E-state index in [0.717, 1.165) is 17.5 Å². The summed E-state index contributed by atoms with van der Waals surface area (Å²) in [5.41, 5.74) is 18.7. The number of carboxylic acids is 1. The standard InChI is InChI=1S/C30H44N6O5/c31-17-9-7-15-23(33)27(37)35-25(19-21-11-3-1-4-12-21)29(39)36-26(20-22-13-5-2-6-14-22)28(38)34-24(30(40)41)16-8-10-18-32/h1-6,11-14,23-26H,7-10,15-20,31-33H2,(H,34,38)(H,35,37)(H,36,39)(H,40,41). The van der Waals surface area contributed by atoms with E-state index in [4.69, 9.17) is 17.2 Å². The molecule has 0 bridgehead atoms. The molecule has 3 amide bonds. The van der Waals surface area contributed by atoms with E-state index in [2.05, 4.69) is 16.0 Å². The van der Waals surface area contributed by atoms with Gasteiger partial charge in [0.25, 0.3) is 0 Å². The number of nitrogens with one attached hydrogen (secondary N) is 3. The van der Waals surface area contributed by atoms with E-state index < -0.39 is 47.9 Å². The van der Waals surface area contributed by atoms with Gasteiger partial charge in [0, 0.05) is 12.8 Å². The first kappa shape index (κ1) is 33.4. The van der Waals surface area contributed by atoms with Gasteiger partial charge in [0.2, 0.25) is 17.7 Å². The number of amides is 3. The lowest BCUT2D eigenvalue weighted by atomic mass is 10.0. The van der Waals surface area contributed by atoms with Crippen LogP contribution in [0.1, 0.15) is 49.7 Å². The van der Waals surface area contributed by atoms with Gasteiger partial charge in [0.05, 0.1) is 6.04 Å². The summed E-state index contributed by atoms with van der Waals surface area (Å²) in [5, 5.41) is 17.7. The Morgan fingerprint density at radius 2 is 1.02 bits per heavy atom. The molecular weight excluding hydrogens is 524 g/mol. The van der Waals surface area contributed by atoms with Crippen LogP contribution in [-0.4, -0.2) is 66.1 Å². The van der Waals surface area contributed by atoms with Gasteiger partial charge in [-0.15, -0.1) is 0 Å². The Hall–Kier alpha value is -3.80. The van der Waals surface area contributed by atoms with Crippen molar-refractivity contribution in [3.05, 3.63) is 71.8 Å². The summed E-state index contributed by atoms with van der Waals surface area (Å²) in [4.78, 5) is 51.7. The summed E-state index contributed by atoms with van der Waals surface area (Å²) in [6.07, 6.45) is 3.48. The van der Waals surface area contributed by atoms with Crippen molar-refractivity contribution in [1.82, 2.24) is 16.0 Å². The summed E-state index contributed by atoms with van der Waals surface area (Å²) >= 11 is 0. The lowest BCUT2D eigenvalue weighted by Crippen LogP contribution is -2.58. The highest BCUT2D eigenvalue weighted by Gasteiger charge is 2.30. The van der Waals surface area contributed by atoms with Crippen molar-refractivity contribution in [1.29, 1.82) is 0 Å². The molecule has 2 aromatic carbocycles. The maximum Gasteiger partial charge on any atom is 0.326 e. The van der Waals surface area contributed by atoms with Crippen molar-refractivity contribution in [3.63, 3.8) is 0 Å². The fraction of sp³-hybridized carbons (Fsp3) is 0.467. The Kier molecular flexibility index (Phi) is 15.1. The van der Waals surface area contributed by atoms with Gasteiger partial charge >= 0.3 is 5.97 Å². The minimum Gasteiger partial charge on any atom is -0.480 e. The quantitative estimate of drug-likeness (QED) is 0.119. The fourth-order valence-electron chi connectivity index (χ4n) is 4.33. The number of carbonyl (C=O) groups excluding carboxylic acids is 3. The predicted octanol–water partition coefficient (Wildman–Crippen LogP) is 0.596. The molecule has 2 rings (SSSR count). The molecule has 4 atom stereocenters. The van der Waals surface area contributed by atoms with E-state index in [0.29, 0.717) is 38.8 Å². The number of benzene rings is 2. The van der Waals surface area contributed by atoms with Gasteiger partial charge < -0.3 is 38.3 Å². The first-order chi connectivity index (χ1) is 19.7. The number of carboxylic acid groups (broad SMARTS) is 1. The molecule has 0 fully saturated rings. The Morgan fingerprint density at radius 1 is 0.610 bits per heavy atom. The molecule has 0 radical (unpaired) electrons. The number of rotatable bonds is 19. The second-order valence-electron chi connectivity index (χ2n) is 10.1. The third-order valence-corrected chi connectivity index (χ3v) is 6.70. The van der Waals surface area contributed by atoms with Crippen molar-refractivity contribution < 1.29 is 24.3 Å². The Morgan fingerprint density at radius 3 is 1.46 bits per heavy atom. The second kappa shape index (κ2) is 18.5. The van der Waals surface area contributed by atoms with Gasteiger partial charge in [-0.2, -0.15) is 0 Å². The van der Waals surface area contributed by atoms with Crippen LogP contribution in [0.3, 0.4) is 0 Å². The third kappa shape index (κ3) is 12.5. The topological polar surface area (TPSA) is 203 Å². The molecule has 11 nitrogen and oxygen atoms in total. The molecule has 11 heteroatoms. The number of unbranched alkanes of at least 4 members (excludes halogenated alkanes) is 2. The van der Waals surface area contributed by atoms with Gasteiger partial charge in [0.15, 0.2) is 0 Å². The van der Waals surface area contributed by atoms with E-state index >= 15 is 0 Å². The van der Waals surface area contributed by atoms with Crippen molar-refractivity contribution in [3.8, 4) is 0 Å². The van der Waals surface area contributed by atoms with Crippen LogP contribution >= 0.6 is 0 Å². The van der Waals surface area contributed by atoms with E-state index in [1.54, 1.807) is 0 Å². The average Bonchev–Trinajstić information content (AvgIpc) is 2.96. The molecule has 41 heavy (non-hydrogen) atoms. The van der Waals surface area contributed by atoms with Crippen LogP contribution in [0.4, 0.5) is 0 Å². The number of hydrogen-bond acceptors (Lipinski definition) is 7. The molecule has 0 spiro atoms. The lowest BCUT2D eigenvalue weighted by Gasteiger charge is -2.25. The van der Waals surface area contributed by atoms with Crippen LogP contribution in [0.25, 0.3) is 0 Å². The van der Waals surface area contributed by atoms with Crippen LogP contribution in [0.2, 0.25) is 0 Å². The Labute approximate surface area is 241 Å². The summed E-state index contributed by atoms with van der Waals surface area (Å²) in [7, 11) is 0. The van der Waals surface area contributed by atoms with E-state index in [9.17, 15) is 24.3 Å². The molecule has 0 aliphatic rings. The molecular formula is C30H44N6O5. The summed E-state index contributed by atoms with van der Waals surface area (Å²) < 4.78 is 0. The molecule has 0 saturated heterocycles. The first-order valence-corrected chi connectivity index (χ1v) is 14.1. The predicted molar refractivity (Wildman–Crippen MR) is 158 cm³/mol. The van der Waals surface area contributed by atoms with Crippen molar-refractivity contribution >= 4 is 23.7 Å². The largest absolute Gasteiger partial charge is 0.480 e. The van der Waals surface area contributed by atoms with Crippen LogP contribution in [0.5, 0.6) is 0 Å². The minimum atomic E-state index is -1.17. The lowest BCUT2D eigenvalue weighted by molar-refractivity contribution is -0.142. The zero-order chi connectivity index (χ0) is 30.0. The van der Waals surface area contributed by atoms with Gasteiger partial charge in [-0.1, -0.05) is 67.1 Å². The third-order valence-electron chi connectivity index (χ3n) is 6.70. The van der Waals surface area contributed by atoms with Gasteiger partial charge in [0.1, 0.15) is 18.1 Å². The second-order valence-corrected chi connectivity index (χ2v) is 10.1. The summed E-state index contributed by atoms with van der Waals surface area (Å²) in [6.45, 7) is 0.909. The Bertz CT molecular complexity index is 1090. The maximum atomic E-state index is 13.6. The molecule has 4 unspecified atom stereocenters. The minimum absolute atomic E-state index is 0.123. The molecule has 224 valence electrons. The molecule has 0 aromatic heterocycles. The number of nitrogens with two attached hydrogens (primary N) is 3. The maximum absolute atomic E-state index is 13.6. The first-order valence-electron chi connectivity index (χ1n) is 14.1. The molecule has 0 heterocycles. The van der Waals surface area contributed by atoms with Crippen LogP contribution in [-0.2, 0) is 32.0 Å². The van der Waals surface area contributed by atoms with E-state index in [1.165, 1.54) is 0 Å². The molecule has 0 aliphatic carbocycles. The van der Waals surface area contributed by atoms with Crippen molar-refractivity contribution in [2.45, 2.75) is 75.5 Å². The highest BCUT2D eigenvalue weighted by Crippen LogP contribution is 2.09. The van der Waals surface area contributed by atoms with Crippen LogP contribution < -0.4 is 33.2 Å². The van der Waals surface area contributed by atoms with E-state index in [1.807, 2.05) is 60.7 Å². The SMILES string of the molecule is NCCCCC(N)C(=O)NC(Cc1ccccc1)C(=O)NC(Cc1ccccc1)C(=O)NC(CCCCN)C(=O)O. The van der Waals surface area contributed by atoms with Crippen LogP contribution in [0, 0.1) is 0 Å². The van der Waals surface area contributed by atoms with Gasteiger partial charge in [-0.05, 0) is 56.3 Å². The molecule has 2 aromatic rings. The molecule has 10 N–H and O–H groups in total. The number of carbonyl (C=O) groups is 4. The summed E-state index contributed by atoms with van der Waals surface area (Å²) in [6, 6.07) is 14.2. The van der Waals surface area contributed by atoms with Gasteiger partial charge in [-0.25, -0.2) is 4.79 Å². The Balaban J connectivity index is 2.25. The van der Waals surface area contributed by atoms with Gasteiger partial charge in [-0.3, -0.25) is 14.4 Å². The molecule has 0 saturated carbocycles. The van der Waals surface area contributed by atoms with Crippen LogP contribution in [0.15, 0.2) is 60.7 Å². The summed E-state index contributed by atoms with van der Waals surface area (Å²) in [5.74, 6) is -2.86. The zero-order valence-corrected chi connectivity index (χ0v) is 23.5. The number of aliphatic carboxylic acids is 1. The highest BCUT2D eigenvalue weighted by molar-refractivity contribution is 5.94. The monoisotopic (exact) mass is 568 g/mol. The average molecular weight is 569 g/mol. The van der Waals surface area contributed by atoms with Crippen molar-refractivity contribution in [2.24, 2.45) is 17.2 Å². The van der Waals surface area contributed by atoms with Crippen molar-refractivity contribution in [2.75, 3.05) is 13.1 Å². The van der Waals surface area contributed by atoms with E-state index in [-0.39, 0.29) is 19.3 Å². The smallest absolute Gasteiger partial charge is 0.326 e. The highest BCUT2D eigenvalue weighted by atomic mass is 16.4.